The van der Waals surface area contributed by atoms with Crippen molar-refractivity contribution in [2.45, 2.75) is 136 Å². The summed E-state index contributed by atoms with van der Waals surface area (Å²) in [5.41, 5.74) is 6.26. The Morgan fingerprint density at radius 3 is 2.45 bits per heavy atom. The number of nitrogens with two attached hydrogens (primary N) is 1. The molecular weight excluding hydrogens is 478 g/mol. The largest absolute Gasteiger partial charge is 0.457 e. The van der Waals surface area contributed by atoms with Crippen molar-refractivity contribution in [3.05, 3.63) is 0 Å². The van der Waals surface area contributed by atoms with E-state index >= 15 is 0 Å². The number of aliphatic hydroxyl groups is 1. The maximum absolute atomic E-state index is 11.9. The average molecular weight is 532 g/mol. The Hall–Kier alpha value is -0.690. The smallest absolute Gasteiger partial charge is 0.303 e. The molecule has 6 heteroatoms. The van der Waals surface area contributed by atoms with Crippen LogP contribution in [-0.4, -0.2) is 54.2 Å². The Labute approximate surface area is 230 Å². The maximum Gasteiger partial charge on any atom is 0.303 e. The summed E-state index contributed by atoms with van der Waals surface area (Å²) in [6, 6.07) is 0. The minimum absolute atomic E-state index is 0.212. The van der Waals surface area contributed by atoms with Gasteiger partial charge in [-0.1, -0.05) is 20.8 Å². The highest BCUT2D eigenvalue weighted by atomic mass is 16.6. The second-order valence-corrected chi connectivity index (χ2v) is 15.7. The topological polar surface area (TPSA) is 91.0 Å². The highest BCUT2D eigenvalue weighted by Gasteiger charge is 2.80. The molecule has 0 aromatic rings. The van der Waals surface area contributed by atoms with Gasteiger partial charge in [0.1, 0.15) is 0 Å². The van der Waals surface area contributed by atoms with Crippen molar-refractivity contribution in [1.82, 2.24) is 0 Å². The average Bonchev–Trinajstić information content (AvgIpc) is 3.41. The standard InChI is InChI=1S/C32H53NO5/c1-19(34)37-27(29(4,5)35)23-9-7-21-24(38-23)17-22-20-8-10-25-28(2,3)26(36-16-15-33)11-12-32(25)18-31(20,32)14-13-30(21,22)6/h20-27,35H,7-18,33H2,1-6H3/t20-,21?,22?,23+,24+,25?,26-,27-,30+,31-,32+/m0/s1. The number of carbonyl (C=O) groups excluding carboxylic acids is 1. The van der Waals surface area contributed by atoms with E-state index in [0.29, 0.717) is 47.3 Å². The quantitative estimate of drug-likeness (QED) is 0.456. The van der Waals surface area contributed by atoms with Gasteiger partial charge in [0.25, 0.3) is 0 Å². The maximum atomic E-state index is 11.9. The number of carbonyl (C=O) groups is 1. The van der Waals surface area contributed by atoms with Gasteiger partial charge in [-0.05, 0) is 123 Å². The molecular formula is C32H53NO5. The molecule has 0 amide bonds. The van der Waals surface area contributed by atoms with Crippen LogP contribution in [0.4, 0.5) is 0 Å². The summed E-state index contributed by atoms with van der Waals surface area (Å²) < 4.78 is 18.8. The SMILES string of the molecule is CC(=O)O[C@@H]([C@H]1CCC2[C@@H](CC3[C@@H]4CCC5C(C)(C)[C@@H](OCCN)CC[C@@]56C[C@@]46CC[C@]23C)O1)C(C)(C)O. The van der Waals surface area contributed by atoms with E-state index in [2.05, 4.69) is 20.8 Å². The van der Waals surface area contributed by atoms with Crippen molar-refractivity contribution in [3.8, 4) is 0 Å². The van der Waals surface area contributed by atoms with Crippen LogP contribution in [0.15, 0.2) is 0 Å². The van der Waals surface area contributed by atoms with Crippen LogP contribution in [-0.2, 0) is 19.0 Å². The van der Waals surface area contributed by atoms with Crippen LogP contribution >= 0.6 is 0 Å². The van der Waals surface area contributed by atoms with E-state index in [9.17, 15) is 9.90 Å². The molecule has 6 rings (SSSR count). The molecule has 3 N–H and O–H groups in total. The number of rotatable bonds is 6. The molecule has 0 aromatic carbocycles. The molecule has 2 spiro atoms. The summed E-state index contributed by atoms with van der Waals surface area (Å²) in [7, 11) is 0. The zero-order valence-corrected chi connectivity index (χ0v) is 24.8. The van der Waals surface area contributed by atoms with Crippen LogP contribution in [0.5, 0.6) is 0 Å². The lowest BCUT2D eigenvalue weighted by Gasteiger charge is -2.59. The van der Waals surface area contributed by atoms with Crippen LogP contribution in [0.25, 0.3) is 0 Å². The zero-order valence-electron chi connectivity index (χ0n) is 24.8. The molecule has 1 aliphatic heterocycles. The Bertz CT molecular complexity index is 945. The van der Waals surface area contributed by atoms with Crippen molar-refractivity contribution >= 4 is 5.97 Å². The van der Waals surface area contributed by atoms with E-state index in [1.807, 2.05) is 0 Å². The fourth-order valence-electron chi connectivity index (χ4n) is 11.8. The highest BCUT2D eigenvalue weighted by molar-refractivity contribution is 5.66. The van der Waals surface area contributed by atoms with Crippen molar-refractivity contribution in [2.75, 3.05) is 13.2 Å². The van der Waals surface area contributed by atoms with Crippen LogP contribution in [0.1, 0.15) is 106 Å². The first-order valence-corrected chi connectivity index (χ1v) is 15.7. The molecule has 3 unspecified atom stereocenters. The molecule has 6 aliphatic rings. The number of esters is 1. The lowest BCUT2D eigenvalue weighted by molar-refractivity contribution is -0.200. The molecule has 6 nitrogen and oxygen atoms in total. The van der Waals surface area contributed by atoms with Gasteiger partial charge in [0.2, 0.25) is 0 Å². The van der Waals surface area contributed by atoms with E-state index in [-0.39, 0.29) is 23.6 Å². The molecule has 0 aromatic heterocycles. The minimum Gasteiger partial charge on any atom is -0.457 e. The van der Waals surface area contributed by atoms with Gasteiger partial charge in [0.05, 0.1) is 30.5 Å². The van der Waals surface area contributed by atoms with Crippen LogP contribution in [0, 0.1) is 45.3 Å². The monoisotopic (exact) mass is 531 g/mol. The fourth-order valence-corrected chi connectivity index (χ4v) is 11.8. The summed E-state index contributed by atoms with van der Waals surface area (Å²) in [4.78, 5) is 11.9. The second-order valence-electron chi connectivity index (χ2n) is 15.7. The van der Waals surface area contributed by atoms with Crippen LogP contribution < -0.4 is 5.73 Å². The van der Waals surface area contributed by atoms with Crippen molar-refractivity contribution in [1.29, 1.82) is 0 Å². The lowest BCUT2D eigenvalue weighted by atomic mass is 9.46. The van der Waals surface area contributed by atoms with Gasteiger partial charge >= 0.3 is 5.97 Å². The van der Waals surface area contributed by atoms with Gasteiger partial charge < -0.3 is 25.1 Å². The van der Waals surface area contributed by atoms with Gasteiger partial charge in [0, 0.05) is 13.5 Å². The van der Waals surface area contributed by atoms with Crippen molar-refractivity contribution in [2.24, 2.45) is 51.1 Å². The molecule has 5 aliphatic carbocycles. The Kier molecular flexibility index (Phi) is 6.44. The highest BCUT2D eigenvalue weighted by Crippen LogP contribution is 2.87. The van der Waals surface area contributed by atoms with Gasteiger partial charge in [-0.2, -0.15) is 0 Å². The van der Waals surface area contributed by atoms with E-state index in [0.717, 1.165) is 31.1 Å². The van der Waals surface area contributed by atoms with E-state index in [1.54, 1.807) is 13.8 Å². The lowest BCUT2D eigenvalue weighted by Crippen LogP contribution is -2.55. The second kappa shape index (κ2) is 8.90. The summed E-state index contributed by atoms with van der Waals surface area (Å²) in [6.45, 7) is 13.7. The number of hydrogen-bond donors (Lipinski definition) is 2. The van der Waals surface area contributed by atoms with Gasteiger partial charge in [-0.3, -0.25) is 4.79 Å². The van der Waals surface area contributed by atoms with Crippen LogP contribution in [0.3, 0.4) is 0 Å². The van der Waals surface area contributed by atoms with Crippen molar-refractivity contribution in [3.63, 3.8) is 0 Å². The molecule has 38 heavy (non-hydrogen) atoms. The summed E-state index contributed by atoms with van der Waals surface area (Å²) in [6.07, 6.45) is 12.1. The zero-order chi connectivity index (χ0) is 27.3. The molecule has 1 heterocycles. The first-order valence-electron chi connectivity index (χ1n) is 15.7. The number of hydrogen-bond acceptors (Lipinski definition) is 6. The Morgan fingerprint density at radius 1 is 1.03 bits per heavy atom. The summed E-state index contributed by atoms with van der Waals surface area (Å²) >= 11 is 0. The molecule has 216 valence electrons. The number of ether oxygens (including phenoxy) is 3. The fraction of sp³-hybridized carbons (Fsp3) is 0.969. The molecule has 0 radical (unpaired) electrons. The van der Waals surface area contributed by atoms with E-state index in [4.69, 9.17) is 19.9 Å². The predicted molar refractivity (Wildman–Crippen MR) is 146 cm³/mol. The molecule has 11 atom stereocenters. The van der Waals surface area contributed by atoms with Gasteiger partial charge in [-0.15, -0.1) is 0 Å². The third-order valence-corrected chi connectivity index (χ3v) is 13.3. The van der Waals surface area contributed by atoms with Crippen LogP contribution in [0.2, 0.25) is 0 Å². The summed E-state index contributed by atoms with van der Waals surface area (Å²) in [5, 5.41) is 10.8. The predicted octanol–water partition coefficient (Wildman–Crippen LogP) is 5.24. The molecule has 0 bridgehead atoms. The normalized spacial score (nSPS) is 49.5. The van der Waals surface area contributed by atoms with E-state index in [1.165, 1.54) is 51.9 Å². The molecule has 6 fully saturated rings. The first kappa shape index (κ1) is 27.5. The molecule has 5 saturated carbocycles. The summed E-state index contributed by atoms with van der Waals surface area (Å²) in [5.74, 6) is 2.51. The minimum atomic E-state index is -1.12. The number of fused-ring (bicyclic) bond motifs is 4. The Balaban J connectivity index is 1.21. The van der Waals surface area contributed by atoms with Crippen molar-refractivity contribution < 1.29 is 24.1 Å². The van der Waals surface area contributed by atoms with E-state index < -0.39 is 11.7 Å². The molecule has 1 saturated heterocycles. The third-order valence-electron chi connectivity index (χ3n) is 13.3. The Morgan fingerprint density at radius 2 is 1.76 bits per heavy atom. The van der Waals surface area contributed by atoms with Gasteiger partial charge in [-0.25, -0.2) is 0 Å². The first-order chi connectivity index (χ1) is 17.8. The van der Waals surface area contributed by atoms with Gasteiger partial charge in [0.15, 0.2) is 6.10 Å². The third kappa shape index (κ3) is 3.75.